The molecular formula is C15H18FN3O. The molecule has 1 aliphatic rings. The average Bonchev–Trinajstić information content (AvgIpc) is 2.43. The molecule has 0 spiro atoms. The maximum atomic E-state index is 14.1. The molecule has 0 bridgehead atoms. The van der Waals surface area contributed by atoms with Crippen molar-refractivity contribution in [3.05, 3.63) is 35.6 Å². The number of hydrogen-bond acceptors (Lipinski definition) is 4. The largest absolute Gasteiger partial charge is 0.386 e. The monoisotopic (exact) mass is 275 g/mol. The van der Waals surface area contributed by atoms with Crippen molar-refractivity contribution >= 4 is 5.84 Å². The van der Waals surface area contributed by atoms with E-state index in [1.807, 2.05) is 0 Å². The van der Waals surface area contributed by atoms with E-state index in [-0.39, 0.29) is 11.7 Å². The summed E-state index contributed by atoms with van der Waals surface area (Å²) in [5.41, 5.74) is 4.57. The highest BCUT2D eigenvalue weighted by Gasteiger charge is 2.48. The van der Waals surface area contributed by atoms with Gasteiger partial charge in [-0.3, -0.25) is 4.99 Å². The minimum Gasteiger partial charge on any atom is -0.386 e. The van der Waals surface area contributed by atoms with Crippen LogP contribution in [0.2, 0.25) is 0 Å². The molecule has 2 rings (SSSR count). The summed E-state index contributed by atoms with van der Waals surface area (Å²) in [5.74, 6) is -0.131. The molecule has 0 aliphatic carbocycles. The Morgan fingerprint density at radius 2 is 2.10 bits per heavy atom. The first-order valence-electron chi connectivity index (χ1n) is 6.42. The number of rotatable bonds is 2. The molecule has 1 heterocycles. The predicted molar refractivity (Wildman–Crippen MR) is 74.5 cm³/mol. The SMILES string of the molecule is CO[C@H]1CC(C)(C#N)C(N)=N[C@]1(C)c1ccccc1F. The Morgan fingerprint density at radius 3 is 2.65 bits per heavy atom. The summed E-state index contributed by atoms with van der Waals surface area (Å²) >= 11 is 0. The summed E-state index contributed by atoms with van der Waals surface area (Å²) < 4.78 is 19.6. The molecule has 2 N–H and O–H groups in total. The zero-order chi connectivity index (χ0) is 15.0. The van der Waals surface area contributed by atoms with Gasteiger partial charge in [-0.05, 0) is 19.9 Å². The topological polar surface area (TPSA) is 71.4 Å². The highest BCUT2D eigenvalue weighted by Crippen LogP contribution is 2.43. The fourth-order valence-corrected chi connectivity index (χ4v) is 2.64. The first kappa shape index (κ1) is 14.5. The lowest BCUT2D eigenvalue weighted by atomic mass is 9.73. The van der Waals surface area contributed by atoms with E-state index < -0.39 is 17.1 Å². The number of hydrogen-bond donors (Lipinski definition) is 1. The summed E-state index contributed by atoms with van der Waals surface area (Å²) in [7, 11) is 1.54. The second-order valence-corrected chi connectivity index (χ2v) is 5.50. The van der Waals surface area contributed by atoms with Crippen LogP contribution in [0.15, 0.2) is 29.3 Å². The molecule has 1 aromatic rings. The van der Waals surface area contributed by atoms with Crippen LogP contribution in [-0.2, 0) is 10.3 Å². The number of methoxy groups -OCH3 is 1. The molecule has 0 aromatic heterocycles. The van der Waals surface area contributed by atoms with Crippen molar-refractivity contribution in [2.45, 2.75) is 31.9 Å². The fourth-order valence-electron chi connectivity index (χ4n) is 2.64. The van der Waals surface area contributed by atoms with Gasteiger partial charge in [0.2, 0.25) is 0 Å². The van der Waals surface area contributed by atoms with Crippen LogP contribution in [-0.4, -0.2) is 19.0 Å². The van der Waals surface area contributed by atoms with Crippen molar-refractivity contribution in [3.8, 4) is 6.07 Å². The van der Waals surface area contributed by atoms with Gasteiger partial charge >= 0.3 is 0 Å². The molecule has 20 heavy (non-hydrogen) atoms. The minimum absolute atomic E-state index is 0.221. The Hall–Kier alpha value is -1.93. The van der Waals surface area contributed by atoms with Crippen LogP contribution in [0.3, 0.4) is 0 Å². The Kier molecular flexibility index (Phi) is 3.53. The Balaban J connectivity index is 2.61. The van der Waals surface area contributed by atoms with Crippen LogP contribution in [0.4, 0.5) is 4.39 Å². The van der Waals surface area contributed by atoms with Gasteiger partial charge in [0.1, 0.15) is 22.6 Å². The number of nitriles is 1. The summed E-state index contributed by atoms with van der Waals surface area (Å²) in [6, 6.07) is 8.60. The number of nitrogens with two attached hydrogens (primary N) is 1. The number of benzene rings is 1. The van der Waals surface area contributed by atoms with Crippen LogP contribution in [0.1, 0.15) is 25.8 Å². The standard InChI is InChI=1S/C15H18FN3O/c1-14(9-17)8-12(20-3)15(2,19-13(14)18)10-6-4-5-7-11(10)16/h4-7,12H,8H2,1-3H3,(H2,18,19)/t12-,14?,15+/m0/s1. The lowest BCUT2D eigenvalue weighted by molar-refractivity contribution is 0.0141. The zero-order valence-electron chi connectivity index (χ0n) is 11.9. The van der Waals surface area contributed by atoms with Gasteiger partial charge < -0.3 is 10.5 Å². The highest BCUT2D eigenvalue weighted by molar-refractivity contribution is 5.90. The van der Waals surface area contributed by atoms with Gasteiger partial charge in [0, 0.05) is 19.1 Å². The molecule has 4 nitrogen and oxygen atoms in total. The number of halogens is 1. The van der Waals surface area contributed by atoms with Crippen molar-refractivity contribution in [1.82, 2.24) is 0 Å². The zero-order valence-corrected chi connectivity index (χ0v) is 11.9. The summed E-state index contributed by atoms with van der Waals surface area (Å²) in [6.45, 7) is 3.50. The molecule has 1 aromatic carbocycles. The van der Waals surface area contributed by atoms with Gasteiger partial charge in [0.05, 0.1) is 12.2 Å². The van der Waals surface area contributed by atoms with Crippen LogP contribution < -0.4 is 5.73 Å². The number of amidine groups is 1. The molecule has 3 atom stereocenters. The van der Waals surface area contributed by atoms with Gasteiger partial charge in [0.25, 0.3) is 0 Å². The van der Waals surface area contributed by atoms with Crippen molar-refractivity contribution < 1.29 is 9.13 Å². The van der Waals surface area contributed by atoms with E-state index in [1.165, 1.54) is 6.07 Å². The first-order valence-corrected chi connectivity index (χ1v) is 6.42. The molecule has 0 fully saturated rings. The normalized spacial score (nSPS) is 33.4. The number of nitrogens with zero attached hydrogens (tertiary/aromatic N) is 2. The van der Waals surface area contributed by atoms with Gasteiger partial charge in [0.15, 0.2) is 0 Å². The van der Waals surface area contributed by atoms with E-state index in [0.717, 1.165) is 0 Å². The fraction of sp³-hybridized carbons (Fsp3) is 0.467. The maximum absolute atomic E-state index is 14.1. The van der Waals surface area contributed by atoms with Crippen molar-refractivity contribution in [1.29, 1.82) is 5.26 Å². The van der Waals surface area contributed by atoms with Gasteiger partial charge in [-0.15, -0.1) is 0 Å². The van der Waals surface area contributed by atoms with E-state index in [1.54, 1.807) is 39.2 Å². The molecule has 5 heteroatoms. The Labute approximate surface area is 118 Å². The van der Waals surface area contributed by atoms with Crippen LogP contribution in [0.5, 0.6) is 0 Å². The predicted octanol–water partition coefficient (Wildman–Crippen LogP) is 2.35. The first-order chi connectivity index (χ1) is 9.37. The molecule has 106 valence electrons. The van der Waals surface area contributed by atoms with Crippen LogP contribution in [0, 0.1) is 22.6 Å². The van der Waals surface area contributed by atoms with E-state index in [4.69, 9.17) is 10.5 Å². The summed E-state index contributed by atoms with van der Waals surface area (Å²) in [6.07, 6.45) is -0.0449. The Bertz CT molecular complexity index is 595. The van der Waals surface area contributed by atoms with E-state index in [9.17, 15) is 9.65 Å². The molecule has 0 radical (unpaired) electrons. The number of aliphatic imine (C=N–C) groups is 1. The third-order valence-electron chi connectivity index (χ3n) is 4.09. The Morgan fingerprint density at radius 1 is 1.45 bits per heavy atom. The smallest absolute Gasteiger partial charge is 0.128 e. The molecule has 1 aliphatic heterocycles. The summed E-state index contributed by atoms with van der Waals surface area (Å²) in [4.78, 5) is 4.43. The molecule has 0 saturated carbocycles. The van der Waals surface area contributed by atoms with Crippen molar-refractivity contribution in [3.63, 3.8) is 0 Å². The van der Waals surface area contributed by atoms with Crippen molar-refractivity contribution in [2.24, 2.45) is 16.1 Å². The second kappa shape index (κ2) is 4.88. The van der Waals surface area contributed by atoms with E-state index >= 15 is 0 Å². The van der Waals surface area contributed by atoms with Gasteiger partial charge in [-0.1, -0.05) is 18.2 Å². The molecule has 0 amide bonds. The molecular weight excluding hydrogens is 257 g/mol. The summed E-state index contributed by atoms with van der Waals surface area (Å²) in [5, 5.41) is 9.29. The minimum atomic E-state index is -0.930. The quantitative estimate of drug-likeness (QED) is 0.900. The highest BCUT2D eigenvalue weighted by atomic mass is 19.1. The van der Waals surface area contributed by atoms with Crippen LogP contribution >= 0.6 is 0 Å². The lowest BCUT2D eigenvalue weighted by Crippen LogP contribution is -2.51. The molecule has 0 saturated heterocycles. The van der Waals surface area contributed by atoms with Gasteiger partial charge in [-0.25, -0.2) is 4.39 Å². The van der Waals surface area contributed by atoms with Gasteiger partial charge in [-0.2, -0.15) is 5.26 Å². The van der Waals surface area contributed by atoms with Crippen molar-refractivity contribution in [2.75, 3.05) is 7.11 Å². The van der Waals surface area contributed by atoms with E-state index in [2.05, 4.69) is 11.1 Å². The van der Waals surface area contributed by atoms with E-state index in [0.29, 0.717) is 12.0 Å². The number of ether oxygens (including phenoxy) is 1. The average molecular weight is 275 g/mol. The molecule has 1 unspecified atom stereocenters. The lowest BCUT2D eigenvalue weighted by Gasteiger charge is -2.42. The third kappa shape index (κ3) is 2.06. The second-order valence-electron chi connectivity index (χ2n) is 5.50. The maximum Gasteiger partial charge on any atom is 0.128 e. The third-order valence-corrected chi connectivity index (χ3v) is 4.09. The van der Waals surface area contributed by atoms with Crippen LogP contribution in [0.25, 0.3) is 0 Å².